The zero-order valence-electron chi connectivity index (χ0n) is 25.4. The summed E-state index contributed by atoms with van der Waals surface area (Å²) in [4.78, 5) is 44.1. The molecule has 9 nitrogen and oxygen atoms in total. The van der Waals surface area contributed by atoms with Crippen LogP contribution >= 0.6 is 0 Å². The highest BCUT2D eigenvalue weighted by Crippen LogP contribution is 2.21. The lowest BCUT2D eigenvalue weighted by Gasteiger charge is -2.28. The first-order valence-corrected chi connectivity index (χ1v) is 14.3. The van der Waals surface area contributed by atoms with Gasteiger partial charge < -0.3 is 29.9 Å². The molecule has 228 valence electrons. The van der Waals surface area contributed by atoms with Crippen LogP contribution in [0.2, 0.25) is 0 Å². The van der Waals surface area contributed by atoms with Gasteiger partial charge in [0.05, 0.1) is 14.2 Å². The van der Waals surface area contributed by atoms with Gasteiger partial charge in [0, 0.05) is 38.3 Å². The van der Waals surface area contributed by atoms with E-state index in [2.05, 4.69) is 10.6 Å². The Morgan fingerprint density at radius 1 is 0.568 bits per heavy atom. The molecule has 0 unspecified atom stereocenters. The molecule has 2 N–H and O–H groups in total. The lowest BCUT2D eigenvalue weighted by atomic mass is 10.0. The van der Waals surface area contributed by atoms with E-state index in [1.165, 1.54) is 9.80 Å². The van der Waals surface area contributed by atoms with Crippen molar-refractivity contribution in [3.05, 3.63) is 120 Å². The molecule has 0 saturated carbocycles. The molecule has 0 saturated heterocycles. The van der Waals surface area contributed by atoms with E-state index in [9.17, 15) is 14.4 Å². The van der Waals surface area contributed by atoms with Crippen molar-refractivity contribution in [3.63, 3.8) is 0 Å². The number of methoxy groups -OCH3 is 2. The number of hydrogen-bond acceptors (Lipinski definition) is 5. The average molecular weight is 595 g/mol. The molecule has 4 rings (SSSR count). The molecule has 0 heterocycles. The van der Waals surface area contributed by atoms with Crippen LogP contribution in [0.15, 0.2) is 109 Å². The molecule has 0 spiro atoms. The highest BCUT2D eigenvalue weighted by molar-refractivity contribution is 6.01. The molecule has 9 heteroatoms. The second kappa shape index (κ2) is 15.2. The molecule has 44 heavy (non-hydrogen) atoms. The Kier molecular flexibility index (Phi) is 11.0. The van der Waals surface area contributed by atoms with Gasteiger partial charge in [0.1, 0.15) is 23.6 Å². The van der Waals surface area contributed by atoms with Crippen molar-refractivity contribution in [2.75, 3.05) is 38.1 Å². The van der Waals surface area contributed by atoms with Gasteiger partial charge in [0.25, 0.3) is 0 Å². The minimum absolute atomic E-state index is 0.261. The summed E-state index contributed by atoms with van der Waals surface area (Å²) in [5.41, 5.74) is 3.06. The largest absolute Gasteiger partial charge is 0.497 e. The van der Waals surface area contributed by atoms with Gasteiger partial charge in [-0.05, 0) is 59.7 Å². The standard InChI is InChI=1S/C35H38N4O5/c1-38(27-15-19-29(43-3)20-16-27)33(40)31(23-25-11-7-5-8-12-25)36-35(42)37-32(24-26-13-9-6-10-14-26)34(41)39(2)28-17-21-30(44-4)22-18-28/h5-22,31-32H,23-24H2,1-4H3,(H2,36,37,42)/t31-,32-/m0/s1. The van der Waals surface area contributed by atoms with Crippen molar-refractivity contribution >= 4 is 29.2 Å². The van der Waals surface area contributed by atoms with E-state index in [0.29, 0.717) is 22.9 Å². The summed E-state index contributed by atoms with van der Waals surface area (Å²) in [5.74, 6) is 0.717. The first-order valence-electron chi connectivity index (χ1n) is 14.3. The molecule has 4 amide bonds. The Morgan fingerprint density at radius 3 is 1.23 bits per heavy atom. The van der Waals surface area contributed by atoms with Crippen molar-refractivity contribution in [1.29, 1.82) is 0 Å². The maximum Gasteiger partial charge on any atom is 0.316 e. The normalized spacial score (nSPS) is 11.9. The number of hydrogen-bond donors (Lipinski definition) is 2. The molecule has 0 bridgehead atoms. The fraction of sp³-hybridized carbons (Fsp3) is 0.229. The number of urea groups is 1. The van der Waals surface area contributed by atoms with Gasteiger partial charge in [-0.15, -0.1) is 0 Å². The second-order valence-electron chi connectivity index (χ2n) is 10.3. The molecule has 0 radical (unpaired) electrons. The van der Waals surface area contributed by atoms with Crippen LogP contribution in [0.3, 0.4) is 0 Å². The van der Waals surface area contributed by atoms with Crippen molar-refractivity contribution in [2.45, 2.75) is 24.9 Å². The van der Waals surface area contributed by atoms with Gasteiger partial charge in [-0.25, -0.2) is 4.79 Å². The third-order valence-electron chi connectivity index (χ3n) is 7.35. The summed E-state index contributed by atoms with van der Waals surface area (Å²) in [6, 6.07) is 30.7. The van der Waals surface area contributed by atoms with E-state index in [1.807, 2.05) is 60.7 Å². The molecule has 2 atom stereocenters. The number of anilines is 2. The monoisotopic (exact) mass is 594 g/mol. The van der Waals surface area contributed by atoms with E-state index >= 15 is 0 Å². The maximum absolute atomic E-state index is 13.8. The Balaban J connectivity index is 1.55. The predicted octanol–water partition coefficient (Wildman–Crippen LogP) is 4.85. The first-order chi connectivity index (χ1) is 21.3. The van der Waals surface area contributed by atoms with E-state index in [1.54, 1.807) is 76.8 Å². The van der Waals surface area contributed by atoms with Crippen molar-refractivity contribution < 1.29 is 23.9 Å². The Morgan fingerprint density at radius 2 is 0.909 bits per heavy atom. The average Bonchev–Trinajstić information content (AvgIpc) is 3.07. The van der Waals surface area contributed by atoms with Gasteiger partial charge >= 0.3 is 6.03 Å². The van der Waals surface area contributed by atoms with E-state index < -0.39 is 18.1 Å². The minimum Gasteiger partial charge on any atom is -0.497 e. The lowest BCUT2D eigenvalue weighted by Crippen LogP contribution is -2.56. The number of benzene rings is 4. The topological polar surface area (TPSA) is 100 Å². The molecule has 0 aliphatic heterocycles. The fourth-order valence-corrected chi connectivity index (χ4v) is 4.79. The van der Waals surface area contributed by atoms with Gasteiger partial charge in [-0.3, -0.25) is 9.59 Å². The predicted molar refractivity (Wildman–Crippen MR) is 172 cm³/mol. The van der Waals surface area contributed by atoms with Crippen molar-refractivity contribution in [1.82, 2.24) is 10.6 Å². The molecule has 0 aliphatic rings. The summed E-state index contributed by atoms with van der Waals surface area (Å²) in [6.07, 6.45) is 0.521. The summed E-state index contributed by atoms with van der Waals surface area (Å²) < 4.78 is 10.5. The quantitative estimate of drug-likeness (QED) is 0.244. The lowest BCUT2D eigenvalue weighted by molar-refractivity contribution is -0.120. The first kappa shape index (κ1) is 31.6. The maximum atomic E-state index is 13.8. The molecule has 0 aromatic heterocycles. The Labute approximate surface area is 258 Å². The van der Waals surface area contributed by atoms with Gasteiger partial charge in [0.2, 0.25) is 11.8 Å². The fourth-order valence-electron chi connectivity index (χ4n) is 4.79. The number of carbonyl (C=O) groups excluding carboxylic acids is 3. The summed E-state index contributed by atoms with van der Waals surface area (Å²) in [5, 5.41) is 5.70. The van der Waals surface area contributed by atoms with Crippen LogP contribution in [0.5, 0.6) is 11.5 Å². The second-order valence-corrected chi connectivity index (χ2v) is 10.3. The number of carbonyl (C=O) groups is 3. The number of amides is 4. The SMILES string of the molecule is COc1ccc(N(C)C(=O)[C@H](Cc2ccccc2)NC(=O)N[C@@H](Cc2ccccc2)C(=O)N(C)c2ccc(OC)cc2)cc1. The van der Waals surface area contributed by atoms with Gasteiger partial charge in [-0.2, -0.15) is 0 Å². The van der Waals surface area contributed by atoms with Crippen LogP contribution in [0.4, 0.5) is 16.2 Å². The van der Waals surface area contributed by atoms with Crippen LogP contribution in [-0.4, -0.2) is 58.2 Å². The van der Waals surface area contributed by atoms with Gasteiger partial charge in [0.15, 0.2) is 0 Å². The zero-order valence-corrected chi connectivity index (χ0v) is 25.4. The number of rotatable bonds is 12. The van der Waals surface area contributed by atoms with Gasteiger partial charge in [-0.1, -0.05) is 60.7 Å². The van der Waals surface area contributed by atoms with Crippen molar-refractivity contribution in [3.8, 4) is 11.5 Å². The summed E-state index contributed by atoms with van der Waals surface area (Å²) >= 11 is 0. The number of ether oxygens (including phenoxy) is 2. The zero-order chi connectivity index (χ0) is 31.5. The van der Waals surface area contributed by atoms with Crippen LogP contribution < -0.4 is 29.9 Å². The molecule has 0 aliphatic carbocycles. The molecule has 4 aromatic carbocycles. The van der Waals surface area contributed by atoms with Crippen LogP contribution in [-0.2, 0) is 22.4 Å². The number of likely N-dealkylation sites (N-methyl/N-ethyl adjacent to an activating group) is 2. The molecule has 0 fully saturated rings. The Bertz CT molecular complexity index is 1400. The van der Waals surface area contributed by atoms with Crippen molar-refractivity contribution in [2.24, 2.45) is 0 Å². The highest BCUT2D eigenvalue weighted by Gasteiger charge is 2.29. The third-order valence-corrected chi connectivity index (χ3v) is 7.35. The van der Waals surface area contributed by atoms with E-state index in [0.717, 1.165) is 11.1 Å². The van der Waals surface area contributed by atoms with Crippen LogP contribution in [0, 0.1) is 0 Å². The third kappa shape index (κ3) is 8.38. The van der Waals surface area contributed by atoms with E-state index in [4.69, 9.17) is 9.47 Å². The summed E-state index contributed by atoms with van der Waals surface area (Å²) in [6.45, 7) is 0. The summed E-state index contributed by atoms with van der Waals surface area (Å²) in [7, 11) is 6.47. The smallest absolute Gasteiger partial charge is 0.316 e. The van der Waals surface area contributed by atoms with E-state index in [-0.39, 0.29) is 24.7 Å². The molecular weight excluding hydrogens is 556 g/mol. The molecular formula is C35H38N4O5. The van der Waals surface area contributed by atoms with Crippen LogP contribution in [0.25, 0.3) is 0 Å². The highest BCUT2D eigenvalue weighted by atomic mass is 16.5. The number of nitrogens with one attached hydrogen (secondary N) is 2. The molecule has 4 aromatic rings. The number of nitrogens with zero attached hydrogens (tertiary/aromatic N) is 2. The Hall–Kier alpha value is -5.31. The van der Waals surface area contributed by atoms with Crippen LogP contribution in [0.1, 0.15) is 11.1 Å². The minimum atomic E-state index is -0.906.